The van der Waals surface area contributed by atoms with Gasteiger partial charge < -0.3 is 11.1 Å². The summed E-state index contributed by atoms with van der Waals surface area (Å²) in [4.78, 5) is 22.1. The average molecular weight is 255 g/mol. The summed E-state index contributed by atoms with van der Waals surface area (Å²) in [5.74, 6) is -0.632. The van der Waals surface area contributed by atoms with E-state index in [2.05, 4.69) is 5.32 Å². The standard InChI is InChI=1S/C12H15ClN2O2/c13-11(9-5-2-1-3-6-9)12(17)15-8-4-7-10(14)16/h1-3,5-6,11H,4,7-8H2,(H2,14,16)(H,15,17). The second-order valence-corrected chi connectivity index (χ2v) is 4.07. The van der Waals surface area contributed by atoms with E-state index in [1.54, 1.807) is 12.1 Å². The molecule has 0 radical (unpaired) electrons. The molecule has 1 atom stereocenters. The number of alkyl halides is 1. The number of halogens is 1. The maximum absolute atomic E-state index is 11.6. The Morgan fingerprint density at radius 2 is 1.94 bits per heavy atom. The normalized spacial score (nSPS) is 11.8. The third-order valence-corrected chi connectivity index (χ3v) is 2.67. The van der Waals surface area contributed by atoms with Crippen LogP contribution in [0, 0.1) is 0 Å². The molecule has 0 heterocycles. The second kappa shape index (κ2) is 6.91. The largest absolute Gasteiger partial charge is 0.370 e. The summed E-state index contributed by atoms with van der Waals surface area (Å²) in [6.07, 6.45) is 0.790. The molecule has 3 N–H and O–H groups in total. The number of primary amides is 1. The molecule has 0 saturated heterocycles. The van der Waals surface area contributed by atoms with Crippen LogP contribution in [0.4, 0.5) is 0 Å². The summed E-state index contributed by atoms with van der Waals surface area (Å²) in [6.45, 7) is 0.401. The maximum atomic E-state index is 11.6. The second-order valence-electron chi connectivity index (χ2n) is 3.63. The van der Waals surface area contributed by atoms with Gasteiger partial charge in [0, 0.05) is 13.0 Å². The molecular weight excluding hydrogens is 240 g/mol. The molecule has 0 aliphatic heterocycles. The van der Waals surface area contributed by atoms with Gasteiger partial charge in [0.05, 0.1) is 0 Å². The quantitative estimate of drug-likeness (QED) is 0.594. The van der Waals surface area contributed by atoms with E-state index in [4.69, 9.17) is 17.3 Å². The Balaban J connectivity index is 2.35. The molecule has 0 spiro atoms. The predicted molar refractivity (Wildman–Crippen MR) is 66.5 cm³/mol. The van der Waals surface area contributed by atoms with Crippen LogP contribution >= 0.6 is 11.6 Å². The molecule has 1 unspecified atom stereocenters. The fourth-order valence-electron chi connectivity index (χ4n) is 1.34. The van der Waals surface area contributed by atoms with Crippen LogP contribution in [-0.2, 0) is 9.59 Å². The van der Waals surface area contributed by atoms with Gasteiger partial charge in [0.1, 0.15) is 5.38 Å². The number of carbonyl (C=O) groups is 2. The van der Waals surface area contributed by atoms with E-state index in [1.807, 2.05) is 18.2 Å². The number of carbonyl (C=O) groups excluding carboxylic acids is 2. The lowest BCUT2D eigenvalue weighted by atomic mass is 10.1. The van der Waals surface area contributed by atoms with E-state index >= 15 is 0 Å². The Morgan fingerprint density at radius 1 is 1.29 bits per heavy atom. The Hall–Kier alpha value is -1.55. The minimum Gasteiger partial charge on any atom is -0.370 e. The van der Waals surface area contributed by atoms with Gasteiger partial charge >= 0.3 is 0 Å². The van der Waals surface area contributed by atoms with Gasteiger partial charge in [-0.1, -0.05) is 30.3 Å². The van der Waals surface area contributed by atoms with Crippen molar-refractivity contribution in [2.24, 2.45) is 5.73 Å². The minimum atomic E-state index is -0.704. The van der Waals surface area contributed by atoms with Crippen LogP contribution in [0.3, 0.4) is 0 Å². The molecule has 1 rings (SSSR count). The van der Waals surface area contributed by atoms with Gasteiger partial charge in [0.2, 0.25) is 11.8 Å². The lowest BCUT2D eigenvalue weighted by molar-refractivity contribution is -0.121. The topological polar surface area (TPSA) is 72.2 Å². The van der Waals surface area contributed by atoms with Crippen LogP contribution in [-0.4, -0.2) is 18.4 Å². The zero-order chi connectivity index (χ0) is 12.7. The number of nitrogens with one attached hydrogen (secondary N) is 1. The molecule has 0 aromatic heterocycles. The molecule has 17 heavy (non-hydrogen) atoms. The zero-order valence-corrected chi connectivity index (χ0v) is 10.1. The summed E-state index contributed by atoms with van der Waals surface area (Å²) < 4.78 is 0. The number of nitrogens with two attached hydrogens (primary N) is 1. The molecule has 0 aliphatic carbocycles. The highest BCUT2D eigenvalue weighted by molar-refractivity contribution is 6.30. The summed E-state index contributed by atoms with van der Waals surface area (Å²) in [5.41, 5.74) is 5.73. The number of hydrogen-bond donors (Lipinski definition) is 2. The highest BCUT2D eigenvalue weighted by Crippen LogP contribution is 2.19. The van der Waals surface area contributed by atoms with E-state index < -0.39 is 5.38 Å². The molecule has 0 aliphatic rings. The van der Waals surface area contributed by atoms with Gasteiger partial charge in [0.15, 0.2) is 0 Å². The van der Waals surface area contributed by atoms with Crippen LogP contribution in [0.25, 0.3) is 0 Å². The summed E-state index contributed by atoms with van der Waals surface area (Å²) in [7, 11) is 0. The lowest BCUT2D eigenvalue weighted by Gasteiger charge is -2.10. The number of benzene rings is 1. The van der Waals surface area contributed by atoms with Crippen LogP contribution in [0.5, 0.6) is 0 Å². The van der Waals surface area contributed by atoms with Gasteiger partial charge in [-0.25, -0.2) is 0 Å². The fourth-order valence-corrected chi connectivity index (χ4v) is 1.56. The van der Waals surface area contributed by atoms with Gasteiger partial charge in [-0.15, -0.1) is 11.6 Å². The third kappa shape index (κ3) is 4.87. The van der Waals surface area contributed by atoms with Crippen LogP contribution in [0.2, 0.25) is 0 Å². The van der Waals surface area contributed by atoms with Crippen molar-refractivity contribution in [2.75, 3.05) is 6.54 Å². The third-order valence-electron chi connectivity index (χ3n) is 2.22. The molecule has 1 aromatic carbocycles. The first-order valence-corrected chi connectivity index (χ1v) is 5.80. The van der Waals surface area contributed by atoms with Crippen LogP contribution in [0.15, 0.2) is 30.3 Å². The summed E-state index contributed by atoms with van der Waals surface area (Å²) in [6, 6.07) is 9.09. The highest BCUT2D eigenvalue weighted by atomic mass is 35.5. The minimum absolute atomic E-state index is 0.262. The molecule has 4 nitrogen and oxygen atoms in total. The van der Waals surface area contributed by atoms with Crippen molar-refractivity contribution in [1.82, 2.24) is 5.32 Å². The average Bonchev–Trinajstić information content (AvgIpc) is 2.34. The van der Waals surface area contributed by atoms with E-state index in [0.717, 1.165) is 5.56 Å². The van der Waals surface area contributed by atoms with E-state index in [-0.39, 0.29) is 18.2 Å². The first-order valence-electron chi connectivity index (χ1n) is 5.36. The number of hydrogen-bond acceptors (Lipinski definition) is 2. The first kappa shape index (κ1) is 13.5. The zero-order valence-electron chi connectivity index (χ0n) is 9.36. The molecule has 2 amide bonds. The molecule has 0 fully saturated rings. The van der Waals surface area contributed by atoms with Crippen molar-refractivity contribution in [3.8, 4) is 0 Å². The van der Waals surface area contributed by atoms with E-state index in [9.17, 15) is 9.59 Å². The lowest BCUT2D eigenvalue weighted by Crippen LogP contribution is -2.28. The molecule has 92 valence electrons. The van der Waals surface area contributed by atoms with Gasteiger partial charge in [-0.05, 0) is 12.0 Å². The van der Waals surface area contributed by atoms with Crippen molar-refractivity contribution in [2.45, 2.75) is 18.2 Å². The summed E-state index contributed by atoms with van der Waals surface area (Å²) in [5, 5.41) is 1.95. The Bertz CT molecular complexity index is 381. The first-order chi connectivity index (χ1) is 8.11. The Kier molecular flexibility index (Phi) is 5.49. The SMILES string of the molecule is NC(=O)CCCNC(=O)C(Cl)c1ccccc1. The fraction of sp³-hybridized carbons (Fsp3) is 0.333. The van der Waals surface area contributed by atoms with Gasteiger partial charge in [0.25, 0.3) is 0 Å². The highest BCUT2D eigenvalue weighted by Gasteiger charge is 2.16. The molecule has 5 heteroatoms. The van der Waals surface area contributed by atoms with Gasteiger partial charge in [-0.2, -0.15) is 0 Å². The monoisotopic (exact) mass is 254 g/mol. The number of amides is 2. The smallest absolute Gasteiger partial charge is 0.242 e. The van der Waals surface area contributed by atoms with Gasteiger partial charge in [-0.3, -0.25) is 9.59 Å². The number of rotatable bonds is 6. The molecule has 0 bridgehead atoms. The Morgan fingerprint density at radius 3 is 2.53 bits per heavy atom. The molecule has 1 aromatic rings. The maximum Gasteiger partial charge on any atom is 0.242 e. The van der Waals surface area contributed by atoms with Crippen LogP contribution < -0.4 is 11.1 Å². The Labute approximate surface area is 105 Å². The van der Waals surface area contributed by atoms with E-state index in [0.29, 0.717) is 13.0 Å². The molecular formula is C12H15ClN2O2. The van der Waals surface area contributed by atoms with Crippen molar-refractivity contribution in [1.29, 1.82) is 0 Å². The van der Waals surface area contributed by atoms with Crippen molar-refractivity contribution >= 4 is 23.4 Å². The van der Waals surface area contributed by atoms with Crippen molar-refractivity contribution in [3.05, 3.63) is 35.9 Å². The molecule has 0 saturated carbocycles. The van der Waals surface area contributed by atoms with Crippen molar-refractivity contribution in [3.63, 3.8) is 0 Å². The van der Waals surface area contributed by atoms with Crippen LogP contribution in [0.1, 0.15) is 23.8 Å². The summed E-state index contributed by atoms with van der Waals surface area (Å²) >= 11 is 5.99. The van der Waals surface area contributed by atoms with E-state index in [1.165, 1.54) is 0 Å². The van der Waals surface area contributed by atoms with Crippen molar-refractivity contribution < 1.29 is 9.59 Å². The predicted octanol–water partition coefficient (Wildman–Crippen LogP) is 1.35.